The molecule has 0 heterocycles. The zero-order valence-electron chi connectivity index (χ0n) is 21.3. The Morgan fingerprint density at radius 3 is 2.22 bits per heavy atom. The van der Waals surface area contributed by atoms with E-state index in [4.69, 9.17) is 11.5 Å². The fourth-order valence-electron chi connectivity index (χ4n) is 6.55. The van der Waals surface area contributed by atoms with Gasteiger partial charge in [-0.25, -0.2) is 0 Å². The van der Waals surface area contributed by atoms with Gasteiger partial charge in [-0.3, -0.25) is 0 Å². The van der Waals surface area contributed by atoms with E-state index < -0.39 is 0 Å². The summed E-state index contributed by atoms with van der Waals surface area (Å²) in [7, 11) is 0.627. The van der Waals surface area contributed by atoms with Gasteiger partial charge in [-0.15, -0.1) is 0 Å². The highest BCUT2D eigenvalue weighted by atomic mass is 31.1. The van der Waals surface area contributed by atoms with Gasteiger partial charge in [0, 0.05) is 32.9 Å². The zero-order chi connectivity index (χ0) is 24.7. The van der Waals surface area contributed by atoms with Gasteiger partial charge in [0.15, 0.2) is 0 Å². The lowest BCUT2D eigenvalue weighted by Gasteiger charge is -2.25. The zero-order valence-corrected chi connectivity index (χ0v) is 22.3. The molecule has 0 spiro atoms. The molecule has 0 bridgehead atoms. The molecule has 1 fully saturated rings. The molecule has 0 saturated heterocycles. The van der Waals surface area contributed by atoms with Crippen LogP contribution in [-0.4, -0.2) is 0 Å². The Kier molecular flexibility index (Phi) is 4.89. The molecule has 1 saturated carbocycles. The SMILES string of the molecule is Cc1cc(N)c2ccc(C(C)C)c3c4c(C5CC5)cc(N)c5ccc(PC6=CCCC=C6)c(c1c23)c54. The van der Waals surface area contributed by atoms with Crippen LogP contribution in [0.15, 0.2) is 59.9 Å². The van der Waals surface area contributed by atoms with E-state index in [1.54, 1.807) is 0 Å². The van der Waals surface area contributed by atoms with Crippen molar-refractivity contribution < 1.29 is 0 Å². The number of aryl methyl sites for hydroxylation is 1. The molecule has 4 N–H and O–H groups in total. The van der Waals surface area contributed by atoms with Crippen LogP contribution < -0.4 is 16.8 Å². The molecule has 0 radical (unpaired) electrons. The number of benzene rings is 5. The van der Waals surface area contributed by atoms with Gasteiger partial charge in [-0.05, 0) is 105 Å². The van der Waals surface area contributed by atoms with E-state index >= 15 is 0 Å². The maximum absolute atomic E-state index is 6.81. The fourth-order valence-corrected chi connectivity index (χ4v) is 7.85. The standard InChI is InChI=1S/C33H33N2P/c1-17(2)21-11-12-22-25(34)15-18(3)28-30(22)29(21)32-24(19-9-10-19)16-26(35)23-13-14-27(33(28)31(23)32)36-20-7-5-4-6-8-20/h5,7-8,11-17,19,36H,4,6,9-10,34-35H2,1-3H3. The predicted octanol–water partition coefficient (Wildman–Crippen LogP) is 8.75. The summed E-state index contributed by atoms with van der Waals surface area (Å²) in [6.07, 6.45) is 11.9. The van der Waals surface area contributed by atoms with Crippen molar-refractivity contribution in [1.82, 2.24) is 0 Å². The highest BCUT2D eigenvalue weighted by Crippen LogP contribution is 2.53. The Bertz CT molecular complexity index is 1770. The van der Waals surface area contributed by atoms with Gasteiger partial charge in [-0.2, -0.15) is 0 Å². The summed E-state index contributed by atoms with van der Waals surface area (Å²) in [4.78, 5) is 0. The van der Waals surface area contributed by atoms with Crippen LogP contribution in [0.25, 0.3) is 43.1 Å². The third-order valence-electron chi connectivity index (χ3n) is 8.34. The Morgan fingerprint density at radius 1 is 0.806 bits per heavy atom. The quantitative estimate of drug-likeness (QED) is 0.115. The van der Waals surface area contributed by atoms with E-state index in [2.05, 4.69) is 75.4 Å². The van der Waals surface area contributed by atoms with Crippen LogP contribution in [0.4, 0.5) is 11.4 Å². The number of fused-ring (bicyclic) bond motifs is 2. The third kappa shape index (κ3) is 3.14. The predicted molar refractivity (Wildman–Crippen MR) is 162 cm³/mol. The molecule has 0 aliphatic heterocycles. The van der Waals surface area contributed by atoms with E-state index in [9.17, 15) is 0 Å². The van der Waals surface area contributed by atoms with Gasteiger partial charge < -0.3 is 11.5 Å². The second kappa shape index (κ2) is 7.95. The van der Waals surface area contributed by atoms with Crippen LogP contribution in [0, 0.1) is 6.92 Å². The van der Waals surface area contributed by atoms with E-state index in [1.807, 2.05) is 0 Å². The fraction of sp³-hybridized carbons (Fsp3) is 0.273. The molecule has 1 unspecified atom stereocenters. The second-order valence-corrected chi connectivity index (χ2v) is 12.5. The Morgan fingerprint density at radius 2 is 1.53 bits per heavy atom. The minimum Gasteiger partial charge on any atom is -0.398 e. The van der Waals surface area contributed by atoms with Gasteiger partial charge >= 0.3 is 0 Å². The van der Waals surface area contributed by atoms with Crippen molar-refractivity contribution in [3.05, 3.63) is 76.6 Å². The molecule has 7 rings (SSSR count). The first kappa shape index (κ1) is 22.1. The van der Waals surface area contributed by atoms with Gasteiger partial charge in [0.05, 0.1) is 0 Å². The second-order valence-electron chi connectivity index (χ2n) is 11.1. The van der Waals surface area contributed by atoms with Gasteiger partial charge in [0.2, 0.25) is 0 Å². The van der Waals surface area contributed by atoms with Crippen molar-refractivity contribution >= 4 is 68.3 Å². The monoisotopic (exact) mass is 488 g/mol. The van der Waals surface area contributed by atoms with E-state index in [-0.39, 0.29) is 0 Å². The molecule has 5 aromatic carbocycles. The Balaban J connectivity index is 1.78. The number of nitrogen functional groups attached to an aromatic ring is 2. The minimum absolute atomic E-state index is 0.419. The van der Waals surface area contributed by atoms with Crippen molar-refractivity contribution in [2.45, 2.75) is 58.3 Å². The first-order valence-electron chi connectivity index (χ1n) is 13.3. The number of rotatable bonds is 4. The summed E-state index contributed by atoms with van der Waals surface area (Å²) in [5, 5.41) is 13.6. The number of anilines is 2. The van der Waals surface area contributed by atoms with Crippen molar-refractivity contribution in [1.29, 1.82) is 0 Å². The Hall–Kier alpha value is -3.09. The number of nitrogens with two attached hydrogens (primary N) is 2. The molecule has 2 aliphatic rings. The maximum Gasteiger partial charge on any atom is 0.0397 e. The van der Waals surface area contributed by atoms with Crippen molar-refractivity contribution in [2.24, 2.45) is 0 Å². The molecule has 5 aromatic rings. The average molecular weight is 489 g/mol. The lowest BCUT2D eigenvalue weighted by Crippen LogP contribution is -2.06. The summed E-state index contributed by atoms with van der Waals surface area (Å²) < 4.78 is 0. The van der Waals surface area contributed by atoms with Crippen molar-refractivity contribution in [2.75, 3.05) is 11.5 Å². The number of hydrogen-bond donors (Lipinski definition) is 2. The molecule has 2 nitrogen and oxygen atoms in total. The topological polar surface area (TPSA) is 52.0 Å². The molecule has 180 valence electrons. The lowest BCUT2D eigenvalue weighted by atomic mass is 9.81. The van der Waals surface area contributed by atoms with Gasteiger partial charge in [-0.1, -0.05) is 64.9 Å². The smallest absolute Gasteiger partial charge is 0.0397 e. The van der Waals surface area contributed by atoms with Crippen LogP contribution in [0.5, 0.6) is 0 Å². The summed E-state index contributed by atoms with van der Waals surface area (Å²) >= 11 is 0. The largest absolute Gasteiger partial charge is 0.398 e. The lowest BCUT2D eigenvalue weighted by molar-refractivity contribution is 0.877. The van der Waals surface area contributed by atoms with E-state index in [0.717, 1.165) is 24.2 Å². The highest BCUT2D eigenvalue weighted by Gasteiger charge is 2.30. The summed E-state index contributed by atoms with van der Waals surface area (Å²) in [6.45, 7) is 6.87. The third-order valence-corrected chi connectivity index (χ3v) is 9.69. The van der Waals surface area contributed by atoms with Gasteiger partial charge in [0.25, 0.3) is 0 Å². The summed E-state index contributed by atoms with van der Waals surface area (Å²) in [6, 6.07) is 13.7. The number of allylic oxidation sites excluding steroid dienone is 4. The number of hydrogen-bond acceptors (Lipinski definition) is 2. The molecular formula is C33H33N2P. The normalized spacial score (nSPS) is 16.6. The molecule has 3 heteroatoms. The molecule has 0 amide bonds. The first-order chi connectivity index (χ1) is 17.4. The average Bonchev–Trinajstić information content (AvgIpc) is 3.71. The molecular weight excluding hydrogens is 455 g/mol. The van der Waals surface area contributed by atoms with Crippen LogP contribution in [0.1, 0.15) is 68.1 Å². The van der Waals surface area contributed by atoms with Crippen LogP contribution >= 0.6 is 8.58 Å². The first-order valence-corrected chi connectivity index (χ1v) is 14.3. The summed E-state index contributed by atoms with van der Waals surface area (Å²) in [5.74, 6) is 1.02. The summed E-state index contributed by atoms with van der Waals surface area (Å²) in [5.41, 5.74) is 19.4. The van der Waals surface area contributed by atoms with E-state index in [1.165, 1.54) is 83.2 Å². The van der Waals surface area contributed by atoms with Crippen LogP contribution in [-0.2, 0) is 0 Å². The Labute approximate surface area is 214 Å². The van der Waals surface area contributed by atoms with Crippen molar-refractivity contribution in [3.8, 4) is 0 Å². The maximum atomic E-state index is 6.81. The highest BCUT2D eigenvalue weighted by molar-refractivity contribution is 7.52. The molecule has 1 atom stereocenters. The molecule has 0 aromatic heterocycles. The van der Waals surface area contributed by atoms with Crippen LogP contribution in [0.3, 0.4) is 0 Å². The van der Waals surface area contributed by atoms with Crippen molar-refractivity contribution in [3.63, 3.8) is 0 Å². The molecule has 2 aliphatic carbocycles. The van der Waals surface area contributed by atoms with E-state index in [0.29, 0.717) is 20.4 Å². The van der Waals surface area contributed by atoms with Gasteiger partial charge in [0.1, 0.15) is 0 Å². The molecule has 36 heavy (non-hydrogen) atoms. The minimum atomic E-state index is 0.419. The van der Waals surface area contributed by atoms with Crippen LogP contribution in [0.2, 0.25) is 0 Å².